The van der Waals surface area contributed by atoms with Crippen LogP contribution in [-0.2, 0) is 6.54 Å². The molecule has 92 valence electrons. The van der Waals surface area contributed by atoms with Gasteiger partial charge in [0.15, 0.2) is 0 Å². The lowest BCUT2D eigenvalue weighted by Gasteiger charge is -2.25. The highest BCUT2D eigenvalue weighted by atomic mass is 16.3. The van der Waals surface area contributed by atoms with E-state index in [1.54, 1.807) is 6.26 Å². The normalized spacial score (nSPS) is 11.6. The van der Waals surface area contributed by atoms with Crippen LogP contribution in [0.15, 0.2) is 22.8 Å². The van der Waals surface area contributed by atoms with Crippen molar-refractivity contribution in [1.29, 1.82) is 0 Å². The van der Waals surface area contributed by atoms with E-state index < -0.39 is 0 Å². The molecule has 1 N–H and O–H groups in total. The molecule has 1 aromatic heterocycles. The highest BCUT2D eigenvalue weighted by Gasteiger charge is 2.08. The first-order valence-corrected chi connectivity index (χ1v) is 6.21. The molecule has 0 bridgehead atoms. The minimum absolute atomic E-state index is 0.713. The summed E-state index contributed by atoms with van der Waals surface area (Å²) in [6, 6.07) is 4.63. The van der Waals surface area contributed by atoms with E-state index in [1.165, 1.54) is 12.8 Å². The lowest BCUT2D eigenvalue weighted by Crippen LogP contribution is -2.36. The largest absolute Gasteiger partial charge is 0.468 e. The first-order chi connectivity index (χ1) is 7.77. The van der Waals surface area contributed by atoms with Crippen LogP contribution in [0.3, 0.4) is 0 Å². The molecular formula is C13H24N2O. The predicted octanol–water partition coefficient (Wildman–Crippen LogP) is 2.49. The average Bonchev–Trinajstić information content (AvgIpc) is 2.79. The van der Waals surface area contributed by atoms with Crippen LogP contribution in [-0.4, -0.2) is 31.1 Å². The molecule has 0 aliphatic rings. The van der Waals surface area contributed by atoms with Gasteiger partial charge in [-0.15, -0.1) is 0 Å². The monoisotopic (exact) mass is 224 g/mol. The Morgan fingerprint density at radius 3 is 2.69 bits per heavy atom. The second kappa shape index (κ2) is 7.47. The Morgan fingerprint density at radius 1 is 1.38 bits per heavy atom. The van der Waals surface area contributed by atoms with Gasteiger partial charge >= 0.3 is 0 Å². The quantitative estimate of drug-likeness (QED) is 0.688. The molecule has 3 nitrogen and oxygen atoms in total. The fraction of sp³-hybridized carbons (Fsp3) is 0.692. The van der Waals surface area contributed by atoms with E-state index in [0.717, 1.165) is 25.4 Å². The summed E-state index contributed by atoms with van der Waals surface area (Å²) in [6.45, 7) is 7.42. The standard InChI is InChI=1S/C13H24N2O/c1-4-12(5-2)15(3)9-8-14-11-13-7-6-10-16-13/h6-7,10,12,14H,4-5,8-9,11H2,1-3H3. The third-order valence-corrected chi connectivity index (χ3v) is 3.09. The van der Waals surface area contributed by atoms with Crippen LogP contribution in [0.2, 0.25) is 0 Å². The second-order valence-corrected chi connectivity index (χ2v) is 4.21. The van der Waals surface area contributed by atoms with Gasteiger partial charge in [0, 0.05) is 19.1 Å². The summed E-state index contributed by atoms with van der Waals surface area (Å²) in [5, 5.41) is 3.39. The zero-order chi connectivity index (χ0) is 11.8. The molecule has 0 aliphatic carbocycles. The van der Waals surface area contributed by atoms with Gasteiger partial charge in [-0.1, -0.05) is 13.8 Å². The molecule has 0 fully saturated rings. The van der Waals surface area contributed by atoms with Gasteiger partial charge < -0.3 is 14.6 Å². The van der Waals surface area contributed by atoms with Crippen molar-refractivity contribution in [2.45, 2.75) is 39.3 Å². The van der Waals surface area contributed by atoms with E-state index in [2.05, 4.69) is 31.1 Å². The number of nitrogens with one attached hydrogen (secondary N) is 1. The van der Waals surface area contributed by atoms with Crippen molar-refractivity contribution < 1.29 is 4.42 Å². The van der Waals surface area contributed by atoms with E-state index in [1.807, 2.05) is 12.1 Å². The van der Waals surface area contributed by atoms with Crippen LogP contribution in [0.4, 0.5) is 0 Å². The Balaban J connectivity index is 2.10. The van der Waals surface area contributed by atoms with Crippen LogP contribution in [0.25, 0.3) is 0 Å². The number of hydrogen-bond donors (Lipinski definition) is 1. The van der Waals surface area contributed by atoms with Crippen molar-refractivity contribution in [3.8, 4) is 0 Å². The van der Waals surface area contributed by atoms with Crippen molar-refractivity contribution in [2.75, 3.05) is 20.1 Å². The number of furan rings is 1. The Bertz CT molecular complexity index is 255. The van der Waals surface area contributed by atoms with Gasteiger partial charge in [-0.3, -0.25) is 0 Å². The third-order valence-electron chi connectivity index (χ3n) is 3.09. The molecule has 0 unspecified atom stereocenters. The van der Waals surface area contributed by atoms with Gasteiger partial charge in [-0.25, -0.2) is 0 Å². The summed E-state index contributed by atoms with van der Waals surface area (Å²) in [6.07, 6.45) is 4.17. The second-order valence-electron chi connectivity index (χ2n) is 4.21. The predicted molar refractivity (Wildman–Crippen MR) is 67.4 cm³/mol. The Morgan fingerprint density at radius 2 is 2.12 bits per heavy atom. The van der Waals surface area contributed by atoms with E-state index in [4.69, 9.17) is 4.42 Å². The number of likely N-dealkylation sites (N-methyl/N-ethyl adjacent to an activating group) is 1. The van der Waals surface area contributed by atoms with E-state index in [-0.39, 0.29) is 0 Å². The molecule has 0 radical (unpaired) electrons. The van der Waals surface area contributed by atoms with Crippen molar-refractivity contribution in [3.05, 3.63) is 24.2 Å². The minimum Gasteiger partial charge on any atom is -0.468 e. The molecule has 1 heterocycles. The summed E-state index contributed by atoms with van der Waals surface area (Å²) < 4.78 is 5.25. The van der Waals surface area contributed by atoms with Crippen LogP contribution in [0.1, 0.15) is 32.4 Å². The number of nitrogens with zero attached hydrogens (tertiary/aromatic N) is 1. The van der Waals surface area contributed by atoms with Crippen molar-refractivity contribution in [2.24, 2.45) is 0 Å². The highest BCUT2D eigenvalue weighted by Crippen LogP contribution is 2.04. The fourth-order valence-corrected chi connectivity index (χ4v) is 1.97. The summed E-state index contributed by atoms with van der Waals surface area (Å²) in [7, 11) is 2.20. The smallest absolute Gasteiger partial charge is 0.117 e. The van der Waals surface area contributed by atoms with E-state index in [0.29, 0.717) is 6.04 Å². The van der Waals surface area contributed by atoms with Crippen LogP contribution in [0, 0.1) is 0 Å². The van der Waals surface area contributed by atoms with Gasteiger partial charge in [0.25, 0.3) is 0 Å². The lowest BCUT2D eigenvalue weighted by molar-refractivity contribution is 0.229. The minimum atomic E-state index is 0.713. The molecule has 0 atom stereocenters. The molecule has 0 aromatic carbocycles. The molecule has 0 saturated carbocycles. The third kappa shape index (κ3) is 4.37. The van der Waals surface area contributed by atoms with Crippen LogP contribution >= 0.6 is 0 Å². The van der Waals surface area contributed by atoms with Crippen molar-refractivity contribution >= 4 is 0 Å². The molecule has 0 saturated heterocycles. The Labute approximate surface area is 98.8 Å². The van der Waals surface area contributed by atoms with Gasteiger partial charge in [0.1, 0.15) is 5.76 Å². The zero-order valence-corrected chi connectivity index (χ0v) is 10.7. The molecule has 0 spiro atoms. The number of rotatable bonds is 8. The maximum absolute atomic E-state index is 5.25. The Hall–Kier alpha value is -0.800. The maximum atomic E-state index is 5.25. The molecule has 16 heavy (non-hydrogen) atoms. The van der Waals surface area contributed by atoms with Gasteiger partial charge in [0.2, 0.25) is 0 Å². The molecule has 1 rings (SSSR count). The molecular weight excluding hydrogens is 200 g/mol. The Kier molecular flexibility index (Phi) is 6.19. The summed E-state index contributed by atoms with van der Waals surface area (Å²) in [4.78, 5) is 2.43. The molecule has 3 heteroatoms. The van der Waals surface area contributed by atoms with E-state index >= 15 is 0 Å². The average molecular weight is 224 g/mol. The molecule has 1 aromatic rings. The van der Waals surface area contributed by atoms with Gasteiger partial charge in [0.05, 0.1) is 12.8 Å². The van der Waals surface area contributed by atoms with E-state index in [9.17, 15) is 0 Å². The summed E-state index contributed by atoms with van der Waals surface area (Å²) >= 11 is 0. The molecule has 0 aliphatic heterocycles. The van der Waals surface area contributed by atoms with Crippen LogP contribution < -0.4 is 5.32 Å². The molecule has 0 amide bonds. The van der Waals surface area contributed by atoms with Crippen LogP contribution in [0.5, 0.6) is 0 Å². The van der Waals surface area contributed by atoms with Crippen molar-refractivity contribution in [3.63, 3.8) is 0 Å². The topological polar surface area (TPSA) is 28.4 Å². The first kappa shape index (κ1) is 13.3. The van der Waals surface area contributed by atoms with Gasteiger partial charge in [-0.2, -0.15) is 0 Å². The number of hydrogen-bond acceptors (Lipinski definition) is 3. The summed E-state index contributed by atoms with van der Waals surface area (Å²) in [5.41, 5.74) is 0. The zero-order valence-electron chi connectivity index (χ0n) is 10.7. The maximum Gasteiger partial charge on any atom is 0.117 e. The highest BCUT2D eigenvalue weighted by molar-refractivity contribution is 4.97. The van der Waals surface area contributed by atoms with Crippen molar-refractivity contribution in [1.82, 2.24) is 10.2 Å². The SMILES string of the molecule is CCC(CC)N(C)CCNCc1ccco1. The fourth-order valence-electron chi connectivity index (χ4n) is 1.97. The van der Waals surface area contributed by atoms with Gasteiger partial charge in [-0.05, 0) is 32.0 Å². The lowest BCUT2D eigenvalue weighted by atomic mass is 10.1. The summed E-state index contributed by atoms with van der Waals surface area (Å²) in [5.74, 6) is 1.00. The first-order valence-electron chi connectivity index (χ1n) is 6.21.